The van der Waals surface area contributed by atoms with Crippen molar-refractivity contribution in [2.45, 2.75) is 4.90 Å². The molecule has 0 aliphatic rings. The number of fused-ring (bicyclic) bond motifs is 2. The molecule has 8 heteroatoms. The van der Waals surface area contributed by atoms with Gasteiger partial charge in [0.15, 0.2) is 15.5 Å². The van der Waals surface area contributed by atoms with E-state index in [0.717, 1.165) is 22.5 Å². The molecule has 144 valence electrons. The average Bonchev–Trinajstić information content (AvgIpc) is 3.31. The van der Waals surface area contributed by atoms with Crippen LogP contribution in [0.15, 0.2) is 77.1 Å². The summed E-state index contributed by atoms with van der Waals surface area (Å²) in [7, 11) is -3.22. The fourth-order valence-electron chi connectivity index (χ4n) is 3.27. The molecule has 0 saturated carbocycles. The Kier molecular flexibility index (Phi) is 4.11. The second-order valence-electron chi connectivity index (χ2n) is 6.69. The molecule has 29 heavy (non-hydrogen) atoms. The van der Waals surface area contributed by atoms with Crippen LogP contribution in [-0.2, 0) is 9.84 Å². The quantitative estimate of drug-likeness (QED) is 0.454. The van der Waals surface area contributed by atoms with Gasteiger partial charge in [0.2, 0.25) is 5.95 Å². The number of rotatable bonds is 4. The molecule has 0 fully saturated rings. The topological polar surface area (TPSA) is 76.4 Å². The zero-order valence-electron chi connectivity index (χ0n) is 15.4. The molecule has 0 aliphatic heterocycles. The van der Waals surface area contributed by atoms with Crippen molar-refractivity contribution in [3.05, 3.63) is 72.2 Å². The molecule has 0 saturated heterocycles. The van der Waals surface area contributed by atoms with Crippen molar-refractivity contribution < 1.29 is 8.42 Å². The van der Waals surface area contributed by atoms with Gasteiger partial charge in [-0.2, -0.15) is 4.98 Å². The molecule has 0 bridgehead atoms. The number of hydrogen-bond donors (Lipinski definition) is 1. The van der Waals surface area contributed by atoms with Crippen LogP contribution in [0.2, 0.25) is 0 Å². The fraction of sp³-hybridized carbons (Fsp3) is 0.0476. The van der Waals surface area contributed by atoms with Gasteiger partial charge in [-0.15, -0.1) is 16.4 Å². The number of aromatic nitrogens is 3. The zero-order valence-corrected chi connectivity index (χ0v) is 17.0. The summed E-state index contributed by atoms with van der Waals surface area (Å²) in [4.78, 5) is 4.94. The number of hydrogen-bond acceptors (Lipinski definition) is 6. The largest absolute Gasteiger partial charge is 0.323 e. The van der Waals surface area contributed by atoms with Gasteiger partial charge in [0.25, 0.3) is 0 Å². The number of anilines is 2. The van der Waals surface area contributed by atoms with Gasteiger partial charge < -0.3 is 5.32 Å². The maximum Gasteiger partial charge on any atom is 0.247 e. The third kappa shape index (κ3) is 3.26. The van der Waals surface area contributed by atoms with E-state index in [2.05, 4.69) is 32.9 Å². The first kappa shape index (κ1) is 17.8. The number of benzene rings is 2. The lowest BCUT2D eigenvalue weighted by atomic mass is 10.1. The summed E-state index contributed by atoms with van der Waals surface area (Å²) in [6.45, 7) is 0. The summed E-state index contributed by atoms with van der Waals surface area (Å²) >= 11 is 1.71. The number of sulfone groups is 1. The predicted octanol–water partition coefficient (Wildman–Crippen LogP) is 4.76. The monoisotopic (exact) mass is 420 g/mol. The molecule has 0 amide bonds. The number of nitrogens with zero attached hydrogens (tertiary/aromatic N) is 3. The van der Waals surface area contributed by atoms with Gasteiger partial charge >= 0.3 is 0 Å². The molecule has 0 spiro atoms. The normalized spacial score (nSPS) is 11.9. The molecule has 5 rings (SSSR count). The molecule has 3 aromatic heterocycles. The molecule has 0 aliphatic carbocycles. The van der Waals surface area contributed by atoms with Crippen LogP contribution in [-0.4, -0.2) is 29.3 Å². The van der Waals surface area contributed by atoms with Crippen molar-refractivity contribution >= 4 is 48.5 Å². The Morgan fingerprint density at radius 3 is 2.55 bits per heavy atom. The van der Waals surface area contributed by atoms with Crippen molar-refractivity contribution in [2.75, 3.05) is 11.6 Å². The minimum Gasteiger partial charge on any atom is -0.323 e. The van der Waals surface area contributed by atoms with Crippen LogP contribution >= 0.6 is 11.3 Å². The third-order valence-electron chi connectivity index (χ3n) is 4.67. The predicted molar refractivity (Wildman–Crippen MR) is 117 cm³/mol. The number of nitrogens with one attached hydrogen (secondary N) is 1. The van der Waals surface area contributed by atoms with Gasteiger partial charge in [-0.1, -0.05) is 18.2 Å². The first-order valence-corrected chi connectivity index (χ1v) is 11.7. The van der Waals surface area contributed by atoms with Gasteiger partial charge in [-0.05, 0) is 47.8 Å². The Morgan fingerprint density at radius 2 is 1.76 bits per heavy atom. The molecule has 6 nitrogen and oxygen atoms in total. The molecule has 2 aromatic carbocycles. The van der Waals surface area contributed by atoms with Crippen LogP contribution < -0.4 is 5.32 Å². The van der Waals surface area contributed by atoms with Gasteiger partial charge in [0.05, 0.1) is 4.90 Å². The van der Waals surface area contributed by atoms with E-state index in [-0.39, 0.29) is 4.90 Å². The van der Waals surface area contributed by atoms with E-state index >= 15 is 0 Å². The Hall–Kier alpha value is -3.23. The smallest absolute Gasteiger partial charge is 0.247 e. The maximum absolute atomic E-state index is 11.6. The Morgan fingerprint density at radius 1 is 0.966 bits per heavy atom. The van der Waals surface area contributed by atoms with Crippen LogP contribution in [0.1, 0.15) is 0 Å². The maximum atomic E-state index is 11.6. The molecule has 3 heterocycles. The number of pyridine rings is 1. The molecule has 1 N–H and O–H groups in total. The lowest BCUT2D eigenvalue weighted by Crippen LogP contribution is -1.98. The van der Waals surface area contributed by atoms with E-state index in [9.17, 15) is 8.42 Å². The highest BCUT2D eigenvalue weighted by atomic mass is 32.2. The van der Waals surface area contributed by atoms with Crippen molar-refractivity contribution in [3.8, 4) is 11.1 Å². The highest BCUT2D eigenvalue weighted by Gasteiger charge is 2.13. The molecular formula is C21H16N4O2S2. The Bertz CT molecular complexity index is 1450. The lowest BCUT2D eigenvalue weighted by Gasteiger charge is -2.03. The summed E-state index contributed by atoms with van der Waals surface area (Å²) < 4.78 is 26.2. The van der Waals surface area contributed by atoms with Crippen LogP contribution in [0.4, 0.5) is 11.6 Å². The zero-order chi connectivity index (χ0) is 20.0. The molecule has 5 aromatic rings. The third-order valence-corrected chi connectivity index (χ3v) is 6.76. The van der Waals surface area contributed by atoms with Gasteiger partial charge in [-0.3, -0.25) is 0 Å². The summed E-state index contributed by atoms with van der Waals surface area (Å²) in [6, 6.07) is 18.8. The first-order chi connectivity index (χ1) is 14.0. The van der Waals surface area contributed by atoms with E-state index in [1.807, 2.05) is 30.5 Å². The van der Waals surface area contributed by atoms with Crippen LogP contribution in [0.3, 0.4) is 0 Å². The molecule has 0 atom stereocenters. The highest BCUT2D eigenvalue weighted by molar-refractivity contribution is 7.90. The van der Waals surface area contributed by atoms with Gasteiger partial charge in [0, 0.05) is 39.4 Å². The van der Waals surface area contributed by atoms with Gasteiger partial charge in [0.1, 0.15) is 0 Å². The van der Waals surface area contributed by atoms with E-state index in [1.54, 1.807) is 40.1 Å². The van der Waals surface area contributed by atoms with Crippen molar-refractivity contribution in [2.24, 2.45) is 0 Å². The fourth-order valence-corrected chi connectivity index (χ4v) is 4.86. The second kappa shape index (κ2) is 6.68. The SMILES string of the molecule is CS(=O)(=O)c1ccc(Nc2nc3c(-c4csc5ccccc45)cccn3n2)cc1. The summed E-state index contributed by atoms with van der Waals surface area (Å²) in [5, 5.41) is 11.0. The summed E-state index contributed by atoms with van der Waals surface area (Å²) in [5.74, 6) is 0.448. The standard InChI is InChI=1S/C21H16N4O2S2/c1-29(26,27)15-10-8-14(9-11-15)22-21-23-20-17(6-4-12-25(20)24-21)18-13-28-19-7-3-2-5-16(18)19/h2-13H,1H3,(H,22,24). The number of thiophene rings is 1. The van der Waals surface area contributed by atoms with Crippen molar-refractivity contribution in [1.82, 2.24) is 14.6 Å². The van der Waals surface area contributed by atoms with E-state index in [4.69, 9.17) is 0 Å². The van der Waals surface area contributed by atoms with E-state index in [1.165, 1.54) is 16.3 Å². The lowest BCUT2D eigenvalue weighted by molar-refractivity contribution is 0.602. The van der Waals surface area contributed by atoms with Crippen LogP contribution in [0, 0.1) is 0 Å². The second-order valence-corrected chi connectivity index (χ2v) is 9.62. The highest BCUT2D eigenvalue weighted by Crippen LogP contribution is 2.35. The van der Waals surface area contributed by atoms with E-state index < -0.39 is 9.84 Å². The van der Waals surface area contributed by atoms with Crippen LogP contribution in [0.25, 0.3) is 26.9 Å². The van der Waals surface area contributed by atoms with Crippen molar-refractivity contribution in [3.63, 3.8) is 0 Å². The minimum atomic E-state index is -3.22. The molecule has 0 unspecified atom stereocenters. The van der Waals surface area contributed by atoms with Gasteiger partial charge in [-0.25, -0.2) is 12.9 Å². The average molecular weight is 421 g/mol. The van der Waals surface area contributed by atoms with Crippen molar-refractivity contribution in [1.29, 1.82) is 0 Å². The molecule has 0 radical (unpaired) electrons. The Balaban J connectivity index is 1.54. The Labute approximate surface area is 171 Å². The summed E-state index contributed by atoms with van der Waals surface area (Å²) in [5.41, 5.74) is 3.62. The summed E-state index contributed by atoms with van der Waals surface area (Å²) in [6.07, 6.45) is 3.05. The molecular weight excluding hydrogens is 404 g/mol. The van der Waals surface area contributed by atoms with Crippen LogP contribution in [0.5, 0.6) is 0 Å². The minimum absolute atomic E-state index is 0.276. The van der Waals surface area contributed by atoms with E-state index in [0.29, 0.717) is 5.95 Å². The first-order valence-electron chi connectivity index (χ1n) is 8.88.